The van der Waals surface area contributed by atoms with Gasteiger partial charge in [0.15, 0.2) is 5.11 Å². The van der Waals surface area contributed by atoms with Crippen molar-refractivity contribution in [1.82, 2.24) is 5.32 Å². The minimum Gasteiger partial charge on any atom is -0.356 e. The lowest BCUT2D eigenvalue weighted by atomic mass is 10.1. The van der Waals surface area contributed by atoms with Crippen LogP contribution in [0.4, 0.5) is 5.69 Å². The second kappa shape index (κ2) is 6.53. The Labute approximate surface area is 126 Å². The van der Waals surface area contributed by atoms with Gasteiger partial charge in [-0.2, -0.15) is 0 Å². The maximum absolute atomic E-state index is 5.39. The molecule has 2 aromatic rings. The molecule has 0 amide bonds. The zero-order valence-electron chi connectivity index (χ0n) is 12.1. The lowest BCUT2D eigenvalue weighted by Gasteiger charge is -2.18. The largest absolute Gasteiger partial charge is 0.356 e. The van der Waals surface area contributed by atoms with Crippen molar-refractivity contribution in [3.63, 3.8) is 0 Å². The van der Waals surface area contributed by atoms with E-state index in [1.54, 1.807) is 0 Å². The van der Waals surface area contributed by atoms with Gasteiger partial charge >= 0.3 is 0 Å². The molecule has 0 aliphatic heterocycles. The zero-order chi connectivity index (χ0) is 14.5. The molecule has 0 bridgehead atoms. The van der Waals surface area contributed by atoms with E-state index in [0.29, 0.717) is 5.11 Å². The molecule has 0 aliphatic carbocycles. The summed E-state index contributed by atoms with van der Waals surface area (Å²) in [6, 6.07) is 16.8. The van der Waals surface area contributed by atoms with E-state index in [9.17, 15) is 0 Å². The highest BCUT2D eigenvalue weighted by molar-refractivity contribution is 7.80. The highest BCUT2D eigenvalue weighted by atomic mass is 32.1. The minimum absolute atomic E-state index is 0.182. The molecule has 2 nitrogen and oxygen atoms in total. The first-order valence-electron chi connectivity index (χ1n) is 6.76. The molecule has 2 rings (SSSR count). The minimum atomic E-state index is 0.182. The molecule has 0 aromatic heterocycles. The third kappa shape index (κ3) is 3.81. The normalized spacial score (nSPS) is 11.8. The molecule has 20 heavy (non-hydrogen) atoms. The first kappa shape index (κ1) is 14.5. The van der Waals surface area contributed by atoms with E-state index in [1.165, 1.54) is 16.7 Å². The average molecular weight is 284 g/mol. The molecule has 0 aliphatic rings. The first-order chi connectivity index (χ1) is 9.56. The molecule has 0 saturated heterocycles. The molecule has 0 unspecified atom stereocenters. The van der Waals surface area contributed by atoms with Crippen LogP contribution in [-0.2, 0) is 0 Å². The average Bonchev–Trinajstić information content (AvgIpc) is 2.43. The van der Waals surface area contributed by atoms with Crippen LogP contribution < -0.4 is 10.6 Å². The number of benzene rings is 2. The van der Waals surface area contributed by atoms with Gasteiger partial charge in [0.05, 0.1) is 6.04 Å². The number of rotatable bonds is 3. The van der Waals surface area contributed by atoms with Gasteiger partial charge in [0.2, 0.25) is 0 Å². The Bertz CT molecular complexity index is 593. The summed E-state index contributed by atoms with van der Waals surface area (Å²) in [6.07, 6.45) is 0. The van der Waals surface area contributed by atoms with Crippen molar-refractivity contribution in [3.05, 3.63) is 65.2 Å². The van der Waals surface area contributed by atoms with Crippen molar-refractivity contribution in [2.24, 2.45) is 0 Å². The SMILES string of the molecule is Cc1ccc(C)c(NC(=S)N[C@@H](C)c2ccccc2)c1. The van der Waals surface area contributed by atoms with Gasteiger partial charge in [0.1, 0.15) is 0 Å². The second-order valence-electron chi connectivity index (χ2n) is 5.05. The Morgan fingerprint density at radius 3 is 2.45 bits per heavy atom. The summed E-state index contributed by atoms with van der Waals surface area (Å²) in [4.78, 5) is 0. The van der Waals surface area contributed by atoms with Crippen LogP contribution in [0.1, 0.15) is 29.7 Å². The van der Waals surface area contributed by atoms with Gasteiger partial charge in [0, 0.05) is 5.69 Å². The number of aryl methyl sites for hydroxylation is 2. The van der Waals surface area contributed by atoms with Crippen LogP contribution in [-0.4, -0.2) is 5.11 Å². The van der Waals surface area contributed by atoms with Crippen molar-refractivity contribution in [2.45, 2.75) is 26.8 Å². The summed E-state index contributed by atoms with van der Waals surface area (Å²) < 4.78 is 0. The molecule has 0 heterocycles. The van der Waals surface area contributed by atoms with E-state index in [-0.39, 0.29) is 6.04 Å². The molecular formula is C17H20N2S. The van der Waals surface area contributed by atoms with E-state index >= 15 is 0 Å². The Morgan fingerprint density at radius 1 is 1.05 bits per heavy atom. The molecule has 0 radical (unpaired) electrons. The van der Waals surface area contributed by atoms with Crippen LogP contribution in [0.15, 0.2) is 48.5 Å². The molecule has 0 fully saturated rings. The van der Waals surface area contributed by atoms with Gasteiger partial charge in [-0.1, -0.05) is 42.5 Å². The Balaban J connectivity index is 2.01. The van der Waals surface area contributed by atoms with Crippen LogP contribution in [0.5, 0.6) is 0 Å². The van der Waals surface area contributed by atoms with Crippen molar-refractivity contribution in [1.29, 1.82) is 0 Å². The zero-order valence-corrected chi connectivity index (χ0v) is 12.9. The van der Waals surface area contributed by atoms with Crippen LogP contribution >= 0.6 is 12.2 Å². The van der Waals surface area contributed by atoms with Gasteiger partial charge in [-0.15, -0.1) is 0 Å². The molecule has 104 valence electrons. The molecule has 2 aromatic carbocycles. The standard InChI is InChI=1S/C17H20N2S/c1-12-9-10-13(2)16(11-12)19-17(20)18-14(3)15-7-5-4-6-8-15/h4-11,14H,1-3H3,(H2,18,19,20)/t14-/m0/s1. The monoisotopic (exact) mass is 284 g/mol. The van der Waals surface area contributed by atoms with Crippen molar-refractivity contribution >= 4 is 23.0 Å². The van der Waals surface area contributed by atoms with Crippen molar-refractivity contribution in [3.8, 4) is 0 Å². The van der Waals surface area contributed by atoms with Crippen LogP contribution in [0.2, 0.25) is 0 Å². The fraction of sp³-hybridized carbons (Fsp3) is 0.235. The third-order valence-corrected chi connectivity index (χ3v) is 3.51. The quantitative estimate of drug-likeness (QED) is 0.819. The maximum atomic E-state index is 5.39. The third-order valence-electron chi connectivity index (χ3n) is 3.29. The molecule has 1 atom stereocenters. The highest BCUT2D eigenvalue weighted by Crippen LogP contribution is 2.17. The fourth-order valence-corrected chi connectivity index (χ4v) is 2.34. The van der Waals surface area contributed by atoms with Crippen LogP contribution in [0, 0.1) is 13.8 Å². The number of hydrogen-bond donors (Lipinski definition) is 2. The summed E-state index contributed by atoms with van der Waals surface area (Å²) in [5, 5.41) is 7.23. The summed E-state index contributed by atoms with van der Waals surface area (Å²) in [6.45, 7) is 6.26. The lowest BCUT2D eigenvalue weighted by molar-refractivity contribution is 0.722. The van der Waals surface area contributed by atoms with Crippen molar-refractivity contribution in [2.75, 3.05) is 5.32 Å². The number of nitrogens with one attached hydrogen (secondary N) is 2. The maximum Gasteiger partial charge on any atom is 0.171 e. The second-order valence-corrected chi connectivity index (χ2v) is 5.46. The van der Waals surface area contributed by atoms with E-state index in [0.717, 1.165) is 5.69 Å². The number of anilines is 1. The fourth-order valence-electron chi connectivity index (χ4n) is 2.05. The molecule has 0 saturated carbocycles. The van der Waals surface area contributed by atoms with E-state index in [4.69, 9.17) is 12.2 Å². The van der Waals surface area contributed by atoms with E-state index in [2.05, 4.69) is 61.7 Å². The van der Waals surface area contributed by atoms with E-state index < -0.39 is 0 Å². The van der Waals surface area contributed by atoms with E-state index in [1.807, 2.05) is 18.2 Å². The number of thiocarbonyl (C=S) groups is 1. The summed E-state index contributed by atoms with van der Waals surface area (Å²) in [7, 11) is 0. The molecule has 0 spiro atoms. The predicted molar refractivity (Wildman–Crippen MR) is 90.1 cm³/mol. The highest BCUT2D eigenvalue weighted by Gasteiger charge is 2.07. The smallest absolute Gasteiger partial charge is 0.171 e. The van der Waals surface area contributed by atoms with Gasteiger partial charge in [-0.25, -0.2) is 0 Å². The summed E-state index contributed by atoms with van der Waals surface area (Å²) in [5.74, 6) is 0. The molecular weight excluding hydrogens is 264 g/mol. The number of hydrogen-bond acceptors (Lipinski definition) is 1. The summed E-state index contributed by atoms with van der Waals surface area (Å²) in [5.41, 5.74) is 4.68. The van der Waals surface area contributed by atoms with Gasteiger partial charge in [-0.3, -0.25) is 0 Å². The van der Waals surface area contributed by atoms with Gasteiger partial charge in [-0.05, 0) is 55.7 Å². The Morgan fingerprint density at radius 2 is 1.75 bits per heavy atom. The summed E-state index contributed by atoms with van der Waals surface area (Å²) >= 11 is 5.39. The Hall–Kier alpha value is -1.87. The topological polar surface area (TPSA) is 24.1 Å². The van der Waals surface area contributed by atoms with Gasteiger partial charge in [0.25, 0.3) is 0 Å². The van der Waals surface area contributed by atoms with Crippen LogP contribution in [0.25, 0.3) is 0 Å². The molecule has 3 heteroatoms. The molecule has 2 N–H and O–H groups in total. The van der Waals surface area contributed by atoms with Gasteiger partial charge < -0.3 is 10.6 Å². The predicted octanol–water partition coefficient (Wildman–Crippen LogP) is 4.35. The van der Waals surface area contributed by atoms with Crippen LogP contribution in [0.3, 0.4) is 0 Å². The van der Waals surface area contributed by atoms with Crippen molar-refractivity contribution < 1.29 is 0 Å². The Kier molecular flexibility index (Phi) is 4.74. The lowest BCUT2D eigenvalue weighted by Crippen LogP contribution is -2.31. The first-order valence-corrected chi connectivity index (χ1v) is 7.17.